The Balaban J connectivity index is 1.81. The predicted octanol–water partition coefficient (Wildman–Crippen LogP) is 2.48. The van der Waals surface area contributed by atoms with Gasteiger partial charge in [-0.15, -0.1) is 11.6 Å². The van der Waals surface area contributed by atoms with Gasteiger partial charge in [-0.1, -0.05) is 18.6 Å². The molecule has 4 aliphatic carbocycles. The van der Waals surface area contributed by atoms with Gasteiger partial charge in [0.2, 0.25) is 0 Å². The standard InChI is InChI=1S/C24H30ClFO6/c1-13(27)12-32-20-9-17-16-5-4-14-8-15(28)6-7-21(14,2)23(16,26)18(29)10-22(17,3)24(20,31)19(30)11-25/h6-8,16-18,20,29,31H,4-5,9-12H2,1-3H3/t16-,17-,18-,20+,21-,22-,23-,24+/m0/s1. The fourth-order valence-electron chi connectivity index (χ4n) is 7.21. The van der Waals surface area contributed by atoms with Crippen molar-refractivity contribution in [2.45, 2.75) is 69.9 Å². The zero-order chi connectivity index (χ0) is 23.7. The molecule has 0 heterocycles. The van der Waals surface area contributed by atoms with Gasteiger partial charge in [-0.3, -0.25) is 14.4 Å². The number of fused-ring (bicyclic) bond motifs is 5. The highest BCUT2D eigenvalue weighted by Crippen LogP contribution is 2.70. The van der Waals surface area contributed by atoms with Crippen molar-refractivity contribution in [2.75, 3.05) is 12.5 Å². The summed E-state index contributed by atoms with van der Waals surface area (Å²) in [4.78, 5) is 36.4. The monoisotopic (exact) mass is 468 g/mol. The first-order valence-corrected chi connectivity index (χ1v) is 11.6. The highest BCUT2D eigenvalue weighted by molar-refractivity contribution is 6.29. The van der Waals surface area contributed by atoms with E-state index >= 15 is 4.39 Å². The van der Waals surface area contributed by atoms with Crippen LogP contribution in [-0.4, -0.2) is 63.5 Å². The van der Waals surface area contributed by atoms with Crippen molar-refractivity contribution in [3.63, 3.8) is 0 Å². The van der Waals surface area contributed by atoms with E-state index in [0.717, 1.165) is 0 Å². The first-order valence-electron chi connectivity index (χ1n) is 11.1. The van der Waals surface area contributed by atoms with Gasteiger partial charge in [0, 0.05) is 16.7 Å². The molecule has 0 aromatic rings. The van der Waals surface area contributed by atoms with Gasteiger partial charge in [0.05, 0.1) is 18.1 Å². The van der Waals surface area contributed by atoms with Gasteiger partial charge < -0.3 is 14.9 Å². The van der Waals surface area contributed by atoms with E-state index in [1.54, 1.807) is 19.9 Å². The summed E-state index contributed by atoms with van der Waals surface area (Å²) in [6, 6.07) is 0. The van der Waals surface area contributed by atoms with Gasteiger partial charge in [0.1, 0.15) is 6.61 Å². The number of halogens is 2. The molecule has 4 aliphatic rings. The predicted molar refractivity (Wildman–Crippen MR) is 115 cm³/mol. The molecule has 0 radical (unpaired) electrons. The number of ether oxygens (including phenoxy) is 1. The first-order chi connectivity index (χ1) is 14.9. The number of ketones is 3. The molecular formula is C24H30ClFO6. The van der Waals surface area contributed by atoms with Crippen molar-refractivity contribution in [1.82, 2.24) is 0 Å². The lowest BCUT2D eigenvalue weighted by molar-refractivity contribution is -0.222. The minimum Gasteiger partial charge on any atom is -0.390 e. The van der Waals surface area contributed by atoms with Crippen LogP contribution in [0.1, 0.15) is 46.5 Å². The number of Topliss-reactive ketones (excluding diaryl/α,β-unsaturated/α-hetero) is 2. The van der Waals surface area contributed by atoms with Crippen LogP contribution in [0.15, 0.2) is 23.8 Å². The summed E-state index contributed by atoms with van der Waals surface area (Å²) in [5.41, 5.74) is -5.84. The molecule has 0 aromatic carbocycles. The van der Waals surface area contributed by atoms with E-state index in [1.807, 2.05) is 0 Å². The number of aliphatic hydroxyl groups excluding tert-OH is 1. The minimum absolute atomic E-state index is 0.170. The van der Waals surface area contributed by atoms with E-state index in [1.165, 1.54) is 19.1 Å². The maximum atomic E-state index is 17.1. The van der Waals surface area contributed by atoms with Gasteiger partial charge >= 0.3 is 0 Å². The summed E-state index contributed by atoms with van der Waals surface area (Å²) in [6.45, 7) is 4.45. The molecule has 8 atom stereocenters. The molecule has 0 amide bonds. The second-order valence-electron chi connectivity index (χ2n) is 10.3. The molecule has 32 heavy (non-hydrogen) atoms. The Labute approximate surface area is 191 Å². The van der Waals surface area contributed by atoms with Crippen LogP contribution in [0, 0.1) is 22.7 Å². The van der Waals surface area contributed by atoms with Crippen LogP contribution in [-0.2, 0) is 19.1 Å². The Bertz CT molecular complexity index is 931. The number of allylic oxidation sites excluding steroid dienone is 4. The van der Waals surface area contributed by atoms with E-state index < -0.39 is 57.8 Å². The number of carbonyl (C=O) groups is 3. The third kappa shape index (κ3) is 2.84. The van der Waals surface area contributed by atoms with Crippen LogP contribution < -0.4 is 0 Å². The van der Waals surface area contributed by atoms with Crippen molar-refractivity contribution in [2.24, 2.45) is 22.7 Å². The largest absolute Gasteiger partial charge is 0.390 e. The third-order valence-electron chi connectivity index (χ3n) is 8.87. The van der Waals surface area contributed by atoms with Crippen molar-refractivity contribution in [3.8, 4) is 0 Å². The SMILES string of the molecule is CC(=O)CO[C@@H]1C[C@H]2[C@@H]3CCC4=CC(=O)C=C[C@]4(C)[C@@]3(F)[C@@H](O)C[C@]2(C)[C@@]1(O)C(=O)CCl. The van der Waals surface area contributed by atoms with Crippen LogP contribution in [0.4, 0.5) is 4.39 Å². The van der Waals surface area contributed by atoms with Crippen LogP contribution in [0.3, 0.4) is 0 Å². The molecule has 2 N–H and O–H groups in total. The van der Waals surface area contributed by atoms with Gasteiger partial charge in [0.25, 0.3) is 0 Å². The average Bonchev–Trinajstić information content (AvgIpc) is 2.95. The smallest absolute Gasteiger partial charge is 0.182 e. The highest BCUT2D eigenvalue weighted by Gasteiger charge is 2.76. The molecule has 0 aliphatic heterocycles. The van der Waals surface area contributed by atoms with Crippen molar-refractivity contribution in [3.05, 3.63) is 23.8 Å². The fraction of sp³-hybridized carbons (Fsp3) is 0.708. The lowest BCUT2D eigenvalue weighted by Crippen LogP contribution is -2.69. The van der Waals surface area contributed by atoms with E-state index in [-0.39, 0.29) is 31.0 Å². The van der Waals surface area contributed by atoms with Crippen molar-refractivity contribution in [1.29, 1.82) is 0 Å². The Kier molecular flexibility index (Phi) is 5.60. The summed E-state index contributed by atoms with van der Waals surface area (Å²) < 4.78 is 22.8. The van der Waals surface area contributed by atoms with E-state index in [4.69, 9.17) is 16.3 Å². The number of hydrogen-bond donors (Lipinski definition) is 2. The van der Waals surface area contributed by atoms with E-state index in [9.17, 15) is 24.6 Å². The highest BCUT2D eigenvalue weighted by atomic mass is 35.5. The second-order valence-corrected chi connectivity index (χ2v) is 10.6. The van der Waals surface area contributed by atoms with Crippen LogP contribution >= 0.6 is 11.6 Å². The molecule has 0 bridgehead atoms. The summed E-state index contributed by atoms with van der Waals surface area (Å²) >= 11 is 5.85. The zero-order valence-corrected chi connectivity index (χ0v) is 19.3. The number of rotatable bonds is 5. The fourth-order valence-corrected chi connectivity index (χ4v) is 7.41. The molecule has 3 fully saturated rings. The van der Waals surface area contributed by atoms with Gasteiger partial charge in [0.15, 0.2) is 28.6 Å². The molecule has 4 rings (SSSR count). The maximum Gasteiger partial charge on any atom is 0.182 e. The third-order valence-corrected chi connectivity index (χ3v) is 9.11. The summed E-state index contributed by atoms with van der Waals surface area (Å²) in [6.07, 6.45) is 2.67. The molecule has 0 spiro atoms. The number of carbonyl (C=O) groups excluding carboxylic acids is 3. The van der Waals surface area contributed by atoms with Crippen LogP contribution in [0.5, 0.6) is 0 Å². The maximum absolute atomic E-state index is 17.1. The summed E-state index contributed by atoms with van der Waals surface area (Å²) in [5.74, 6) is -2.75. The van der Waals surface area contributed by atoms with Crippen LogP contribution in [0.25, 0.3) is 0 Å². The summed E-state index contributed by atoms with van der Waals surface area (Å²) in [5, 5.41) is 23.0. The molecule has 0 saturated heterocycles. The normalized spacial score (nSPS) is 47.3. The molecule has 176 valence electrons. The Morgan fingerprint density at radius 3 is 2.62 bits per heavy atom. The molecular weight excluding hydrogens is 439 g/mol. The van der Waals surface area contributed by atoms with Gasteiger partial charge in [-0.2, -0.15) is 0 Å². The average molecular weight is 469 g/mol. The zero-order valence-electron chi connectivity index (χ0n) is 18.6. The molecule has 8 heteroatoms. The molecule has 0 unspecified atom stereocenters. The number of hydrogen-bond acceptors (Lipinski definition) is 6. The minimum atomic E-state index is -2.08. The lowest BCUT2D eigenvalue weighted by Gasteiger charge is -2.62. The molecule has 3 saturated carbocycles. The summed E-state index contributed by atoms with van der Waals surface area (Å²) in [7, 11) is 0. The van der Waals surface area contributed by atoms with E-state index in [2.05, 4.69) is 0 Å². The number of aliphatic hydroxyl groups is 2. The second kappa shape index (κ2) is 7.55. The Hall–Kier alpha value is -1.41. The Morgan fingerprint density at radius 2 is 2.00 bits per heavy atom. The van der Waals surface area contributed by atoms with Gasteiger partial charge in [-0.25, -0.2) is 4.39 Å². The molecule has 0 aromatic heterocycles. The molecule has 6 nitrogen and oxygen atoms in total. The topological polar surface area (TPSA) is 101 Å². The van der Waals surface area contributed by atoms with Crippen molar-refractivity contribution >= 4 is 29.0 Å². The Morgan fingerprint density at radius 1 is 1.31 bits per heavy atom. The number of alkyl halides is 2. The van der Waals surface area contributed by atoms with E-state index in [0.29, 0.717) is 18.4 Å². The quantitative estimate of drug-likeness (QED) is 0.601. The van der Waals surface area contributed by atoms with Crippen molar-refractivity contribution < 1.29 is 33.7 Å². The van der Waals surface area contributed by atoms with Gasteiger partial charge in [-0.05, 0) is 57.6 Å². The van der Waals surface area contributed by atoms with Crippen LogP contribution in [0.2, 0.25) is 0 Å². The first kappa shape index (κ1) is 23.7. The lowest BCUT2D eigenvalue weighted by atomic mass is 9.44.